The van der Waals surface area contributed by atoms with Crippen LogP contribution in [-0.2, 0) is 12.0 Å². The van der Waals surface area contributed by atoms with Crippen LogP contribution >= 0.6 is 0 Å². The van der Waals surface area contributed by atoms with Gasteiger partial charge in [-0.25, -0.2) is 4.39 Å². The first kappa shape index (κ1) is 28.2. The lowest BCUT2D eigenvalue weighted by Gasteiger charge is -2.29. The molecule has 1 heterocycles. The molecule has 2 aromatic carbocycles. The maximum atomic E-state index is 15.4. The largest absolute Gasteiger partial charge is 0.494 e. The molecule has 0 radical (unpaired) electrons. The SMILES string of the molecule is CCOc1cc2c(c(F)c1OCC)C(=N)N(CC(=O)c1cc(N(C)CCO)c(OC)c(C(C)(C)C)c1)C2. The predicted molar refractivity (Wildman–Crippen MR) is 142 cm³/mol. The standard InChI is InChI=1S/C28H38FN3O5/c1-8-36-22-14-18-15-32(27(30)23(18)24(29)26(22)37-9-2)16-21(34)17-12-19(28(3,4)5)25(35-7)20(13-17)31(6)10-11-33/h12-14,30,33H,8-11,15-16H2,1-7H3. The minimum absolute atomic E-state index is 0.0115. The quantitative estimate of drug-likeness (QED) is 0.429. The minimum atomic E-state index is -0.643. The summed E-state index contributed by atoms with van der Waals surface area (Å²) < 4.78 is 32.2. The van der Waals surface area contributed by atoms with Crippen LogP contribution in [0.3, 0.4) is 0 Å². The summed E-state index contributed by atoms with van der Waals surface area (Å²) in [5.41, 5.74) is 2.40. The Labute approximate surface area is 218 Å². The molecule has 3 rings (SSSR count). The normalized spacial score (nSPS) is 13.0. The Morgan fingerprint density at radius 1 is 1.16 bits per heavy atom. The van der Waals surface area contributed by atoms with Crippen LogP contribution in [0.1, 0.15) is 61.7 Å². The molecule has 0 spiro atoms. The molecular formula is C28H38FN3O5. The maximum Gasteiger partial charge on any atom is 0.197 e. The number of amidine groups is 1. The van der Waals surface area contributed by atoms with Crippen molar-refractivity contribution < 1.29 is 28.5 Å². The highest BCUT2D eigenvalue weighted by atomic mass is 19.1. The van der Waals surface area contributed by atoms with Crippen LogP contribution in [0.25, 0.3) is 0 Å². The lowest BCUT2D eigenvalue weighted by molar-refractivity contribution is 0.0962. The number of likely N-dealkylation sites (N-methyl/N-ethyl adjacent to an activating group) is 1. The van der Waals surface area contributed by atoms with Gasteiger partial charge in [0.15, 0.2) is 23.1 Å². The van der Waals surface area contributed by atoms with E-state index in [9.17, 15) is 9.90 Å². The van der Waals surface area contributed by atoms with E-state index in [4.69, 9.17) is 19.6 Å². The van der Waals surface area contributed by atoms with Crippen molar-refractivity contribution in [3.63, 3.8) is 0 Å². The van der Waals surface area contributed by atoms with Gasteiger partial charge in [-0.15, -0.1) is 0 Å². The summed E-state index contributed by atoms with van der Waals surface area (Å²) in [6.45, 7) is 10.7. The summed E-state index contributed by atoms with van der Waals surface area (Å²) in [7, 11) is 3.42. The van der Waals surface area contributed by atoms with Gasteiger partial charge in [-0.2, -0.15) is 0 Å². The van der Waals surface area contributed by atoms with Gasteiger partial charge < -0.3 is 29.1 Å². The van der Waals surface area contributed by atoms with Crippen molar-refractivity contribution in [1.82, 2.24) is 4.90 Å². The summed E-state index contributed by atoms with van der Waals surface area (Å²) in [5.74, 6) is 0.0166. The van der Waals surface area contributed by atoms with Crippen molar-refractivity contribution in [2.24, 2.45) is 0 Å². The van der Waals surface area contributed by atoms with Gasteiger partial charge in [0.05, 0.1) is 44.7 Å². The third-order valence-corrected chi connectivity index (χ3v) is 6.36. The second-order valence-electron chi connectivity index (χ2n) is 10.0. The Kier molecular flexibility index (Phi) is 8.68. The topological polar surface area (TPSA) is 95.3 Å². The molecule has 8 nitrogen and oxygen atoms in total. The molecule has 202 valence electrons. The highest BCUT2D eigenvalue weighted by Gasteiger charge is 2.34. The number of Topliss-reactive ketones (excluding diaryl/α,β-unsaturated/α-hetero) is 1. The molecule has 0 saturated carbocycles. The van der Waals surface area contributed by atoms with Crippen molar-refractivity contribution in [3.05, 3.63) is 46.3 Å². The molecule has 1 aliphatic rings. The van der Waals surface area contributed by atoms with E-state index in [1.165, 1.54) is 0 Å². The van der Waals surface area contributed by atoms with Crippen LogP contribution < -0.4 is 19.1 Å². The summed E-state index contributed by atoms with van der Waals surface area (Å²) in [4.78, 5) is 16.9. The van der Waals surface area contributed by atoms with Crippen molar-refractivity contribution in [1.29, 1.82) is 5.41 Å². The average Bonchev–Trinajstić information content (AvgIpc) is 3.15. The summed E-state index contributed by atoms with van der Waals surface area (Å²) in [5, 5.41) is 18.1. The van der Waals surface area contributed by atoms with E-state index in [1.807, 2.05) is 38.8 Å². The average molecular weight is 516 g/mol. The summed E-state index contributed by atoms with van der Waals surface area (Å²) >= 11 is 0. The number of carbonyl (C=O) groups is 1. The van der Waals surface area contributed by atoms with E-state index in [-0.39, 0.29) is 54.7 Å². The Morgan fingerprint density at radius 2 is 1.84 bits per heavy atom. The number of carbonyl (C=O) groups excluding carboxylic acids is 1. The van der Waals surface area contributed by atoms with E-state index in [0.717, 1.165) is 5.56 Å². The fourth-order valence-corrected chi connectivity index (χ4v) is 4.52. The Hall–Kier alpha value is -3.33. The van der Waals surface area contributed by atoms with Crippen molar-refractivity contribution in [2.45, 2.75) is 46.6 Å². The maximum absolute atomic E-state index is 15.4. The molecule has 0 saturated heterocycles. The van der Waals surface area contributed by atoms with E-state index in [1.54, 1.807) is 38.0 Å². The number of halogens is 1. The van der Waals surface area contributed by atoms with Crippen LogP contribution in [0, 0.1) is 11.2 Å². The molecule has 37 heavy (non-hydrogen) atoms. The highest BCUT2D eigenvalue weighted by molar-refractivity contribution is 6.06. The number of rotatable bonds is 11. The summed E-state index contributed by atoms with van der Waals surface area (Å²) in [6.07, 6.45) is 0. The van der Waals surface area contributed by atoms with E-state index in [2.05, 4.69) is 0 Å². The number of nitrogens with zero attached hydrogens (tertiary/aromatic N) is 2. The Morgan fingerprint density at radius 3 is 2.41 bits per heavy atom. The first-order valence-corrected chi connectivity index (χ1v) is 12.5. The summed E-state index contributed by atoms with van der Waals surface area (Å²) in [6, 6.07) is 5.27. The fraction of sp³-hybridized carbons (Fsp3) is 0.500. The lowest BCUT2D eigenvalue weighted by atomic mass is 9.84. The number of anilines is 1. The molecule has 1 aliphatic heterocycles. The molecule has 0 aliphatic carbocycles. The second-order valence-corrected chi connectivity index (χ2v) is 10.0. The van der Waals surface area contributed by atoms with Gasteiger partial charge in [0.2, 0.25) is 0 Å². The van der Waals surface area contributed by atoms with Gasteiger partial charge in [0.25, 0.3) is 0 Å². The second kappa shape index (κ2) is 11.4. The molecule has 2 aromatic rings. The van der Waals surface area contributed by atoms with Crippen molar-refractivity contribution >= 4 is 17.3 Å². The van der Waals surface area contributed by atoms with Crippen LogP contribution in [0.5, 0.6) is 17.2 Å². The van der Waals surface area contributed by atoms with Gasteiger partial charge in [-0.3, -0.25) is 10.2 Å². The Bertz CT molecular complexity index is 1180. The lowest BCUT2D eigenvalue weighted by Crippen LogP contribution is -2.31. The van der Waals surface area contributed by atoms with Crippen LogP contribution in [0.15, 0.2) is 18.2 Å². The zero-order valence-corrected chi connectivity index (χ0v) is 22.8. The van der Waals surface area contributed by atoms with Gasteiger partial charge >= 0.3 is 0 Å². The van der Waals surface area contributed by atoms with Crippen LogP contribution in [0.2, 0.25) is 0 Å². The molecule has 0 amide bonds. The smallest absolute Gasteiger partial charge is 0.197 e. The number of ketones is 1. The van der Waals surface area contributed by atoms with Gasteiger partial charge in [-0.1, -0.05) is 20.8 Å². The van der Waals surface area contributed by atoms with E-state index < -0.39 is 5.82 Å². The number of benzene rings is 2. The van der Waals surface area contributed by atoms with Gasteiger partial charge in [-0.05, 0) is 43.0 Å². The number of hydrogen-bond donors (Lipinski definition) is 2. The third-order valence-electron chi connectivity index (χ3n) is 6.36. The number of hydrogen-bond acceptors (Lipinski definition) is 7. The molecule has 2 N–H and O–H groups in total. The molecule has 0 fully saturated rings. The van der Waals surface area contributed by atoms with Gasteiger partial charge in [0.1, 0.15) is 11.6 Å². The zero-order chi connectivity index (χ0) is 27.5. The number of methoxy groups -OCH3 is 1. The zero-order valence-electron chi connectivity index (χ0n) is 22.8. The number of aliphatic hydroxyl groups excluding tert-OH is 1. The first-order chi connectivity index (χ1) is 17.5. The van der Waals surface area contributed by atoms with E-state index >= 15 is 4.39 Å². The molecule has 9 heteroatoms. The molecule has 0 aromatic heterocycles. The molecular weight excluding hydrogens is 477 g/mol. The number of fused-ring (bicyclic) bond motifs is 1. The highest BCUT2D eigenvalue weighted by Crippen LogP contribution is 2.41. The number of nitrogens with one attached hydrogen (secondary N) is 1. The van der Waals surface area contributed by atoms with E-state index in [0.29, 0.717) is 41.5 Å². The molecule has 0 unspecified atom stereocenters. The predicted octanol–water partition coefficient (Wildman–Crippen LogP) is 4.38. The first-order valence-electron chi connectivity index (χ1n) is 12.5. The Balaban J connectivity index is 1.98. The fourth-order valence-electron chi connectivity index (χ4n) is 4.52. The molecule has 0 atom stereocenters. The van der Waals surface area contributed by atoms with Crippen LogP contribution in [0.4, 0.5) is 10.1 Å². The molecule has 0 bridgehead atoms. The number of ether oxygens (including phenoxy) is 3. The third kappa shape index (κ3) is 5.66. The van der Waals surface area contributed by atoms with Crippen molar-refractivity contribution in [2.75, 3.05) is 52.0 Å². The number of aliphatic hydroxyl groups is 1. The van der Waals surface area contributed by atoms with Gasteiger partial charge in [0, 0.05) is 31.3 Å². The minimum Gasteiger partial charge on any atom is -0.494 e. The monoisotopic (exact) mass is 515 g/mol. The van der Waals surface area contributed by atoms with Crippen LogP contribution in [-0.4, -0.2) is 68.7 Å². The van der Waals surface area contributed by atoms with Crippen molar-refractivity contribution in [3.8, 4) is 17.2 Å².